The van der Waals surface area contributed by atoms with E-state index in [9.17, 15) is 9.59 Å². The van der Waals surface area contributed by atoms with Crippen LogP contribution in [0.3, 0.4) is 0 Å². The van der Waals surface area contributed by atoms with E-state index in [0.717, 1.165) is 5.76 Å². The molecular weight excluding hydrogens is 286 g/mol. The van der Waals surface area contributed by atoms with Gasteiger partial charge in [-0.05, 0) is 50.2 Å². The number of hydrogen-bond acceptors (Lipinski definition) is 4. The van der Waals surface area contributed by atoms with Crippen LogP contribution in [-0.2, 0) is 10.5 Å². The first kappa shape index (κ1) is 15.4. The topological polar surface area (TPSA) is 59.3 Å². The molecule has 110 valence electrons. The standard InChI is InChI=1S/C16H17NO3S/c1-11(18)13-5-7-14(8-6-13)17-16(19)12(2)21-10-15-4-3-9-20-15/h3-9,12H,10H2,1-2H3,(H,17,19). The van der Waals surface area contributed by atoms with Crippen molar-refractivity contribution in [2.24, 2.45) is 0 Å². The number of ketones is 1. The molecule has 0 spiro atoms. The van der Waals surface area contributed by atoms with Crippen LogP contribution in [0.1, 0.15) is 30.0 Å². The molecule has 5 heteroatoms. The quantitative estimate of drug-likeness (QED) is 0.826. The summed E-state index contributed by atoms with van der Waals surface area (Å²) in [4.78, 5) is 23.2. The lowest BCUT2D eigenvalue weighted by atomic mass is 10.1. The Morgan fingerprint density at radius 1 is 1.24 bits per heavy atom. The minimum absolute atomic E-state index is 0.00949. The molecule has 1 aromatic carbocycles. The number of hydrogen-bond donors (Lipinski definition) is 1. The number of benzene rings is 1. The maximum atomic E-state index is 12.1. The summed E-state index contributed by atoms with van der Waals surface area (Å²) in [7, 11) is 0. The Hall–Kier alpha value is -2.01. The van der Waals surface area contributed by atoms with Crippen LogP contribution in [0, 0.1) is 0 Å². The van der Waals surface area contributed by atoms with Crippen molar-refractivity contribution in [3.8, 4) is 0 Å². The number of anilines is 1. The first-order valence-corrected chi connectivity index (χ1v) is 7.67. The Labute approximate surface area is 127 Å². The van der Waals surface area contributed by atoms with E-state index in [1.54, 1.807) is 30.5 Å². The van der Waals surface area contributed by atoms with Gasteiger partial charge in [-0.1, -0.05) is 0 Å². The second-order valence-corrected chi connectivity index (χ2v) is 5.98. The molecule has 1 N–H and O–H groups in total. The number of carbonyl (C=O) groups is 2. The Morgan fingerprint density at radius 2 is 1.95 bits per heavy atom. The van der Waals surface area contributed by atoms with Crippen molar-refractivity contribution in [1.29, 1.82) is 0 Å². The lowest BCUT2D eigenvalue weighted by Gasteiger charge is -2.11. The van der Waals surface area contributed by atoms with Crippen molar-refractivity contribution in [3.63, 3.8) is 0 Å². The Balaban J connectivity index is 1.86. The highest BCUT2D eigenvalue weighted by Crippen LogP contribution is 2.19. The Morgan fingerprint density at radius 3 is 2.52 bits per heavy atom. The minimum atomic E-state index is -0.192. The van der Waals surface area contributed by atoms with Crippen molar-refractivity contribution in [1.82, 2.24) is 0 Å². The van der Waals surface area contributed by atoms with E-state index in [2.05, 4.69) is 5.32 Å². The van der Waals surface area contributed by atoms with Crippen molar-refractivity contribution < 1.29 is 14.0 Å². The van der Waals surface area contributed by atoms with E-state index in [-0.39, 0.29) is 16.9 Å². The zero-order valence-electron chi connectivity index (χ0n) is 12.0. The molecule has 0 fully saturated rings. The van der Waals surface area contributed by atoms with Gasteiger partial charge in [0.1, 0.15) is 5.76 Å². The third kappa shape index (κ3) is 4.49. The van der Waals surface area contributed by atoms with Gasteiger partial charge in [-0.3, -0.25) is 9.59 Å². The van der Waals surface area contributed by atoms with Gasteiger partial charge in [0.2, 0.25) is 5.91 Å². The van der Waals surface area contributed by atoms with Gasteiger partial charge in [0.05, 0.1) is 17.3 Å². The molecule has 0 saturated heterocycles. The second-order valence-electron chi connectivity index (χ2n) is 4.66. The lowest BCUT2D eigenvalue weighted by Crippen LogP contribution is -2.22. The van der Waals surface area contributed by atoms with Crippen molar-refractivity contribution in [2.75, 3.05) is 5.32 Å². The van der Waals surface area contributed by atoms with E-state index < -0.39 is 0 Å². The summed E-state index contributed by atoms with van der Waals surface area (Å²) in [6, 6.07) is 10.6. The summed E-state index contributed by atoms with van der Waals surface area (Å²) in [5, 5.41) is 2.64. The summed E-state index contributed by atoms with van der Waals surface area (Å²) < 4.78 is 5.23. The highest BCUT2D eigenvalue weighted by Gasteiger charge is 2.14. The molecule has 1 unspecified atom stereocenters. The first-order valence-electron chi connectivity index (χ1n) is 6.62. The van der Waals surface area contributed by atoms with E-state index in [4.69, 9.17) is 4.42 Å². The van der Waals surface area contributed by atoms with Gasteiger partial charge >= 0.3 is 0 Å². The first-order chi connectivity index (χ1) is 10.1. The molecule has 1 aromatic heterocycles. The summed E-state index contributed by atoms with van der Waals surface area (Å²) in [5.74, 6) is 1.45. The molecule has 2 rings (SSSR count). The van der Waals surface area contributed by atoms with Crippen molar-refractivity contribution in [2.45, 2.75) is 24.9 Å². The summed E-state index contributed by atoms with van der Waals surface area (Å²) in [6.45, 7) is 3.37. The number of nitrogens with one attached hydrogen (secondary N) is 1. The molecule has 0 bridgehead atoms. The molecule has 0 aliphatic heterocycles. The molecule has 1 atom stereocenters. The molecule has 21 heavy (non-hydrogen) atoms. The fraction of sp³-hybridized carbons (Fsp3) is 0.250. The van der Waals surface area contributed by atoms with Crippen molar-refractivity contribution in [3.05, 3.63) is 54.0 Å². The smallest absolute Gasteiger partial charge is 0.237 e. The highest BCUT2D eigenvalue weighted by atomic mass is 32.2. The minimum Gasteiger partial charge on any atom is -0.468 e. The average Bonchev–Trinajstić information content (AvgIpc) is 2.98. The number of furan rings is 1. The predicted octanol–water partition coefficient (Wildman–Crippen LogP) is 3.74. The van der Waals surface area contributed by atoms with Crippen LogP contribution in [-0.4, -0.2) is 16.9 Å². The van der Waals surface area contributed by atoms with Gasteiger partial charge in [-0.25, -0.2) is 0 Å². The number of Topliss-reactive ketones (excluding diaryl/α,β-unsaturated/α-hetero) is 1. The van der Waals surface area contributed by atoms with E-state index in [1.165, 1.54) is 18.7 Å². The Bertz CT molecular complexity index is 605. The van der Waals surface area contributed by atoms with Crippen molar-refractivity contribution >= 4 is 29.1 Å². The second kappa shape index (κ2) is 7.13. The van der Waals surface area contributed by atoms with Crippen LogP contribution in [0.25, 0.3) is 0 Å². The third-order valence-electron chi connectivity index (χ3n) is 2.98. The Kier molecular flexibility index (Phi) is 5.22. The monoisotopic (exact) mass is 303 g/mol. The molecule has 1 amide bonds. The van der Waals surface area contributed by atoms with E-state index >= 15 is 0 Å². The van der Waals surface area contributed by atoms with Gasteiger partial charge in [-0.2, -0.15) is 0 Å². The zero-order valence-corrected chi connectivity index (χ0v) is 12.8. The van der Waals surface area contributed by atoms with Crippen LogP contribution in [0.15, 0.2) is 47.1 Å². The maximum absolute atomic E-state index is 12.1. The summed E-state index contributed by atoms with van der Waals surface area (Å²) in [6.07, 6.45) is 1.62. The van der Waals surface area contributed by atoms with Gasteiger partial charge in [-0.15, -0.1) is 11.8 Å². The molecule has 2 aromatic rings. The van der Waals surface area contributed by atoms with Gasteiger partial charge in [0, 0.05) is 11.3 Å². The zero-order chi connectivity index (χ0) is 15.2. The molecule has 0 aliphatic rings. The van der Waals surface area contributed by atoms with Crippen LogP contribution < -0.4 is 5.32 Å². The van der Waals surface area contributed by atoms with Crippen LogP contribution in [0.5, 0.6) is 0 Å². The number of thioether (sulfide) groups is 1. The molecule has 0 aliphatic carbocycles. The highest BCUT2D eigenvalue weighted by molar-refractivity contribution is 7.99. The fourth-order valence-corrected chi connectivity index (χ4v) is 2.50. The van der Waals surface area contributed by atoms with Gasteiger partial charge in [0.15, 0.2) is 5.78 Å². The molecule has 1 heterocycles. The molecule has 0 saturated carbocycles. The predicted molar refractivity (Wildman–Crippen MR) is 84.5 cm³/mol. The number of carbonyl (C=O) groups excluding carboxylic acids is 2. The molecule has 4 nitrogen and oxygen atoms in total. The normalized spacial score (nSPS) is 11.9. The molecule has 0 radical (unpaired) electrons. The maximum Gasteiger partial charge on any atom is 0.237 e. The van der Waals surface area contributed by atoms with Crippen LogP contribution in [0.2, 0.25) is 0 Å². The van der Waals surface area contributed by atoms with Gasteiger partial charge in [0.25, 0.3) is 0 Å². The largest absolute Gasteiger partial charge is 0.468 e. The van der Waals surface area contributed by atoms with E-state index in [0.29, 0.717) is 17.0 Å². The lowest BCUT2D eigenvalue weighted by molar-refractivity contribution is -0.115. The third-order valence-corrected chi connectivity index (χ3v) is 4.15. The molecular formula is C16H17NO3S. The average molecular weight is 303 g/mol. The number of amides is 1. The van der Waals surface area contributed by atoms with Crippen LogP contribution >= 0.6 is 11.8 Å². The summed E-state index contributed by atoms with van der Waals surface area (Å²) in [5.41, 5.74) is 1.32. The van der Waals surface area contributed by atoms with Crippen LogP contribution in [0.4, 0.5) is 5.69 Å². The fourth-order valence-electron chi connectivity index (χ4n) is 1.71. The number of rotatable bonds is 6. The van der Waals surface area contributed by atoms with Gasteiger partial charge < -0.3 is 9.73 Å². The SMILES string of the molecule is CC(=O)c1ccc(NC(=O)C(C)SCc2ccco2)cc1. The summed E-state index contributed by atoms with van der Waals surface area (Å²) >= 11 is 1.51. The van der Waals surface area contributed by atoms with E-state index in [1.807, 2.05) is 19.1 Å².